The molecule has 1 aliphatic rings. The molecule has 3 rings (SSSR count). The van der Waals surface area contributed by atoms with E-state index in [9.17, 15) is 5.11 Å². The van der Waals surface area contributed by atoms with Gasteiger partial charge in [-0.15, -0.1) is 0 Å². The summed E-state index contributed by atoms with van der Waals surface area (Å²) in [6, 6.07) is 15.6. The van der Waals surface area contributed by atoms with Gasteiger partial charge < -0.3 is 10.0 Å². The van der Waals surface area contributed by atoms with E-state index >= 15 is 0 Å². The van der Waals surface area contributed by atoms with Crippen LogP contribution in [0, 0.1) is 0 Å². The molecule has 2 aromatic rings. The van der Waals surface area contributed by atoms with Crippen molar-refractivity contribution in [1.29, 1.82) is 0 Å². The molecule has 4 heteroatoms. The Morgan fingerprint density at radius 1 is 0.958 bits per heavy atom. The van der Waals surface area contributed by atoms with Crippen molar-refractivity contribution in [1.82, 2.24) is 4.90 Å². The first-order valence-corrected chi connectivity index (χ1v) is 9.27. The van der Waals surface area contributed by atoms with Gasteiger partial charge in [0, 0.05) is 23.1 Å². The van der Waals surface area contributed by atoms with E-state index < -0.39 is 5.60 Å². The highest BCUT2D eigenvalue weighted by atomic mass is 35.5. The largest absolute Gasteiger partial charge is 0.385 e. The lowest BCUT2D eigenvalue weighted by atomic mass is 9.84. The Hall–Kier alpha value is -1.06. The van der Waals surface area contributed by atoms with Crippen LogP contribution in [0.25, 0.3) is 0 Å². The number of hydrogen-bond acceptors (Lipinski definition) is 2. The zero-order valence-electron chi connectivity index (χ0n) is 13.7. The zero-order valence-corrected chi connectivity index (χ0v) is 15.2. The fourth-order valence-electron chi connectivity index (χ4n) is 3.39. The second-order valence-corrected chi connectivity index (χ2v) is 7.42. The van der Waals surface area contributed by atoms with Gasteiger partial charge in [-0.2, -0.15) is 0 Å². The van der Waals surface area contributed by atoms with E-state index in [1.807, 2.05) is 42.5 Å². The van der Waals surface area contributed by atoms with Gasteiger partial charge in [-0.05, 0) is 61.6 Å². The average molecular weight is 364 g/mol. The summed E-state index contributed by atoms with van der Waals surface area (Å²) in [6.45, 7) is 2.88. The van der Waals surface area contributed by atoms with Crippen LogP contribution in [0.4, 0.5) is 0 Å². The molecule has 0 aliphatic carbocycles. The lowest BCUT2D eigenvalue weighted by Crippen LogP contribution is -2.42. The normalized spacial score (nSPS) is 17.8. The molecule has 1 aliphatic heterocycles. The van der Waals surface area contributed by atoms with Crippen molar-refractivity contribution in [3.8, 4) is 0 Å². The first-order valence-electron chi connectivity index (χ1n) is 8.51. The molecule has 0 saturated carbocycles. The Bertz CT molecular complexity index is 664. The average Bonchev–Trinajstić information content (AvgIpc) is 2.59. The summed E-state index contributed by atoms with van der Waals surface area (Å²) in [5.74, 6) is 0. The summed E-state index contributed by atoms with van der Waals surface area (Å²) >= 11 is 12.1. The predicted octanol–water partition coefficient (Wildman–Crippen LogP) is 4.91. The number of likely N-dealkylation sites (tertiary alicyclic amines) is 1. The fourth-order valence-corrected chi connectivity index (χ4v) is 3.75. The Kier molecular flexibility index (Phi) is 5.83. The third kappa shape index (κ3) is 4.31. The minimum atomic E-state index is -0.718. The zero-order chi connectivity index (χ0) is 17.0. The van der Waals surface area contributed by atoms with E-state index in [2.05, 4.69) is 11.0 Å². The molecular formula is C20H23Cl2NO. The molecule has 1 saturated heterocycles. The van der Waals surface area contributed by atoms with Crippen molar-refractivity contribution in [2.24, 2.45) is 0 Å². The number of rotatable bonds is 5. The number of piperidine rings is 1. The first-order chi connectivity index (χ1) is 11.6. The van der Waals surface area contributed by atoms with Crippen molar-refractivity contribution in [3.63, 3.8) is 0 Å². The Morgan fingerprint density at radius 2 is 1.62 bits per heavy atom. The Morgan fingerprint density at radius 3 is 2.29 bits per heavy atom. The highest BCUT2D eigenvalue weighted by Gasteiger charge is 2.33. The lowest BCUT2D eigenvalue weighted by molar-refractivity contribution is -0.0259. The van der Waals surface area contributed by atoms with Crippen LogP contribution in [0.1, 0.15) is 30.4 Å². The summed E-state index contributed by atoms with van der Waals surface area (Å²) in [6.07, 6.45) is 3.61. The van der Waals surface area contributed by atoms with Gasteiger partial charge in [-0.3, -0.25) is 0 Å². The Labute approximate surface area is 154 Å². The fraction of sp³-hybridized carbons (Fsp3) is 0.400. The van der Waals surface area contributed by atoms with E-state index in [4.69, 9.17) is 23.2 Å². The van der Waals surface area contributed by atoms with Crippen molar-refractivity contribution in [2.75, 3.05) is 19.6 Å². The number of aryl methyl sites for hydroxylation is 1. The van der Waals surface area contributed by atoms with Crippen LogP contribution in [-0.4, -0.2) is 29.6 Å². The molecule has 1 heterocycles. The van der Waals surface area contributed by atoms with Gasteiger partial charge in [-0.1, -0.05) is 53.5 Å². The van der Waals surface area contributed by atoms with Crippen LogP contribution in [0.15, 0.2) is 48.5 Å². The molecule has 0 bridgehead atoms. The smallest absolute Gasteiger partial charge is 0.0920 e. The molecule has 2 aromatic carbocycles. The maximum Gasteiger partial charge on any atom is 0.0920 e. The second kappa shape index (κ2) is 7.88. The summed E-state index contributed by atoms with van der Waals surface area (Å²) < 4.78 is 0. The number of hydrogen-bond donors (Lipinski definition) is 1. The maximum absolute atomic E-state index is 10.9. The van der Waals surface area contributed by atoms with Crippen molar-refractivity contribution < 1.29 is 5.11 Å². The van der Waals surface area contributed by atoms with E-state index in [0.717, 1.165) is 55.9 Å². The van der Waals surface area contributed by atoms with Crippen molar-refractivity contribution >= 4 is 23.2 Å². The minimum absolute atomic E-state index is 0.708. The van der Waals surface area contributed by atoms with E-state index in [0.29, 0.717) is 5.02 Å². The highest BCUT2D eigenvalue weighted by molar-refractivity contribution is 6.31. The Balaban J connectivity index is 1.48. The van der Waals surface area contributed by atoms with Gasteiger partial charge in [-0.25, -0.2) is 0 Å². The molecule has 1 N–H and O–H groups in total. The van der Waals surface area contributed by atoms with E-state index in [-0.39, 0.29) is 0 Å². The standard InChI is InChI=1S/C20H23Cl2NO/c21-18-9-7-17(8-10-18)20(24)11-14-23(15-12-20)13-3-5-16-4-1-2-6-19(16)22/h1-2,4,6-10,24H,3,5,11-15H2. The molecule has 0 spiro atoms. The molecule has 0 unspecified atom stereocenters. The number of aliphatic hydroxyl groups is 1. The SMILES string of the molecule is OC1(c2ccc(Cl)cc2)CCN(CCCc2ccccc2Cl)CC1. The van der Waals surface area contributed by atoms with Crippen LogP contribution in [0.5, 0.6) is 0 Å². The van der Waals surface area contributed by atoms with E-state index in [1.54, 1.807) is 0 Å². The predicted molar refractivity (Wildman–Crippen MR) is 101 cm³/mol. The van der Waals surface area contributed by atoms with Crippen LogP contribution in [0.3, 0.4) is 0 Å². The number of nitrogens with zero attached hydrogens (tertiary/aromatic N) is 1. The van der Waals surface area contributed by atoms with Crippen LogP contribution >= 0.6 is 23.2 Å². The van der Waals surface area contributed by atoms with Gasteiger partial charge in [0.2, 0.25) is 0 Å². The second-order valence-electron chi connectivity index (χ2n) is 6.58. The van der Waals surface area contributed by atoms with Gasteiger partial charge in [0.1, 0.15) is 0 Å². The third-order valence-electron chi connectivity index (χ3n) is 4.94. The van der Waals surface area contributed by atoms with E-state index in [1.165, 1.54) is 5.56 Å². The van der Waals surface area contributed by atoms with Gasteiger partial charge in [0.25, 0.3) is 0 Å². The minimum Gasteiger partial charge on any atom is -0.385 e. The quantitative estimate of drug-likeness (QED) is 0.815. The summed E-state index contributed by atoms with van der Waals surface area (Å²) in [7, 11) is 0. The summed E-state index contributed by atoms with van der Waals surface area (Å²) in [5.41, 5.74) is 1.47. The molecule has 0 amide bonds. The van der Waals surface area contributed by atoms with Crippen molar-refractivity contribution in [2.45, 2.75) is 31.3 Å². The van der Waals surface area contributed by atoms with Crippen molar-refractivity contribution in [3.05, 3.63) is 69.7 Å². The monoisotopic (exact) mass is 363 g/mol. The molecule has 0 aromatic heterocycles. The molecule has 128 valence electrons. The van der Waals surface area contributed by atoms with Gasteiger partial charge in [0.05, 0.1) is 5.60 Å². The number of benzene rings is 2. The molecular weight excluding hydrogens is 341 g/mol. The molecule has 0 atom stereocenters. The summed E-state index contributed by atoms with van der Waals surface area (Å²) in [5, 5.41) is 12.5. The third-order valence-corrected chi connectivity index (χ3v) is 5.56. The lowest BCUT2D eigenvalue weighted by Gasteiger charge is -2.38. The van der Waals surface area contributed by atoms with Crippen LogP contribution < -0.4 is 0 Å². The highest BCUT2D eigenvalue weighted by Crippen LogP contribution is 2.33. The van der Waals surface area contributed by atoms with Gasteiger partial charge >= 0.3 is 0 Å². The first kappa shape index (κ1) is 17.8. The maximum atomic E-state index is 10.9. The summed E-state index contributed by atoms with van der Waals surface area (Å²) in [4.78, 5) is 2.43. The molecule has 1 fully saturated rings. The molecule has 24 heavy (non-hydrogen) atoms. The topological polar surface area (TPSA) is 23.5 Å². The number of halogens is 2. The molecule has 0 radical (unpaired) electrons. The van der Waals surface area contributed by atoms with Gasteiger partial charge in [0.15, 0.2) is 0 Å². The van der Waals surface area contributed by atoms with Crippen LogP contribution in [0.2, 0.25) is 10.0 Å². The molecule has 2 nitrogen and oxygen atoms in total. The van der Waals surface area contributed by atoms with Crippen LogP contribution in [-0.2, 0) is 12.0 Å².